The molecule has 0 unspecified atom stereocenters. The highest BCUT2D eigenvalue weighted by Gasteiger charge is 2.63. The predicted octanol–water partition coefficient (Wildman–Crippen LogP) is 6.11. The predicted molar refractivity (Wildman–Crippen MR) is 127 cm³/mol. The van der Waals surface area contributed by atoms with Crippen LogP contribution < -0.4 is 5.01 Å². The molecule has 3 nitrogen and oxygen atoms in total. The Labute approximate surface area is 187 Å². The maximum Gasteiger partial charge on any atom is 0.0597 e. The summed E-state index contributed by atoms with van der Waals surface area (Å²) in [5.74, 6) is 2.93. The number of allylic oxidation sites excluding steroid dienone is 1. The average Bonchev–Trinajstić information content (AvgIpc) is 3.23. The molecule has 5 aliphatic rings. The summed E-state index contributed by atoms with van der Waals surface area (Å²) in [6.07, 6.45) is 10.6. The molecule has 1 heterocycles. The molecule has 3 fully saturated rings. The van der Waals surface area contributed by atoms with Crippen LogP contribution in [0.3, 0.4) is 0 Å². The summed E-state index contributed by atoms with van der Waals surface area (Å²) in [4.78, 5) is 0. The van der Waals surface area contributed by atoms with Crippen LogP contribution in [0.2, 0.25) is 0 Å². The molecule has 0 aromatic heterocycles. The topological polar surface area (TPSA) is 35.8 Å². The molecule has 0 spiro atoms. The lowest BCUT2D eigenvalue weighted by molar-refractivity contribution is -0.0509. The van der Waals surface area contributed by atoms with Gasteiger partial charge in [0.2, 0.25) is 0 Å². The largest absolute Gasteiger partial charge is 0.393 e. The van der Waals surface area contributed by atoms with Crippen molar-refractivity contribution in [1.82, 2.24) is 0 Å². The molecule has 1 aromatic carbocycles. The van der Waals surface area contributed by atoms with Gasteiger partial charge in [0.05, 0.1) is 17.8 Å². The summed E-state index contributed by atoms with van der Waals surface area (Å²) in [6.45, 7) is 9.69. The van der Waals surface area contributed by atoms with Gasteiger partial charge in [0, 0.05) is 11.6 Å². The van der Waals surface area contributed by atoms with Crippen LogP contribution in [0, 0.1) is 41.4 Å². The van der Waals surface area contributed by atoms with Crippen LogP contribution in [0.25, 0.3) is 0 Å². The number of hydrogen-bond acceptors (Lipinski definition) is 3. The summed E-state index contributed by atoms with van der Waals surface area (Å²) in [6, 6.07) is 9.33. The molecule has 166 valence electrons. The van der Waals surface area contributed by atoms with Gasteiger partial charge in [-0.15, -0.1) is 0 Å². The van der Waals surface area contributed by atoms with E-state index in [1.807, 2.05) is 0 Å². The van der Waals surface area contributed by atoms with Gasteiger partial charge in [-0.25, -0.2) is 0 Å². The van der Waals surface area contributed by atoms with Crippen LogP contribution in [-0.4, -0.2) is 23.0 Å². The second-order valence-corrected chi connectivity index (χ2v) is 11.9. The molecule has 0 amide bonds. The van der Waals surface area contributed by atoms with Gasteiger partial charge in [0.15, 0.2) is 0 Å². The lowest BCUT2D eigenvalue weighted by Crippen LogP contribution is -2.52. The number of nitrogens with zero attached hydrogens (tertiary/aromatic N) is 2. The fourth-order valence-corrected chi connectivity index (χ4v) is 8.79. The van der Waals surface area contributed by atoms with Crippen LogP contribution in [0.5, 0.6) is 0 Å². The third-order valence-corrected chi connectivity index (χ3v) is 10.4. The number of benzene rings is 1. The van der Waals surface area contributed by atoms with Gasteiger partial charge < -0.3 is 5.11 Å². The zero-order valence-electron chi connectivity index (χ0n) is 19.6. The minimum atomic E-state index is -0.112. The Morgan fingerprint density at radius 2 is 1.81 bits per heavy atom. The number of aliphatic hydroxyl groups excluding tert-OH is 1. The van der Waals surface area contributed by atoms with Crippen molar-refractivity contribution in [3.8, 4) is 0 Å². The number of rotatable bonds is 1. The van der Waals surface area contributed by atoms with Gasteiger partial charge in [-0.3, -0.25) is 5.01 Å². The number of aryl methyl sites for hydroxylation is 1. The van der Waals surface area contributed by atoms with Crippen molar-refractivity contribution < 1.29 is 5.11 Å². The van der Waals surface area contributed by atoms with Crippen LogP contribution >= 0.6 is 0 Å². The molecule has 3 heteroatoms. The van der Waals surface area contributed by atoms with Crippen molar-refractivity contribution in [2.75, 3.05) is 5.01 Å². The Morgan fingerprint density at radius 1 is 1.03 bits per heavy atom. The number of hydrogen-bond donors (Lipinski definition) is 1. The van der Waals surface area contributed by atoms with Crippen LogP contribution in [-0.2, 0) is 0 Å². The molecule has 1 aliphatic heterocycles. The lowest BCUT2D eigenvalue weighted by atomic mass is 9.47. The number of anilines is 1. The molecule has 0 saturated heterocycles. The Bertz CT molecular complexity index is 948. The fourth-order valence-electron chi connectivity index (χ4n) is 8.79. The molecule has 0 bridgehead atoms. The minimum absolute atomic E-state index is 0.112. The summed E-state index contributed by atoms with van der Waals surface area (Å²) in [5, 5.41) is 17.8. The SMILES string of the molecule is Cc1ccc(N2N=C3C[C@H]4[C@@H]5CC=C6C[C@@H](O)CC[C@]6(C)[C@H]5CC[C@]4(C)[C@H]3[C@@H]2C)cc1. The van der Waals surface area contributed by atoms with Crippen molar-refractivity contribution in [3.63, 3.8) is 0 Å². The van der Waals surface area contributed by atoms with Gasteiger partial charge in [0.25, 0.3) is 0 Å². The highest BCUT2D eigenvalue weighted by molar-refractivity contribution is 5.94. The summed E-state index contributed by atoms with van der Waals surface area (Å²) in [7, 11) is 0. The molecule has 6 rings (SSSR count). The van der Waals surface area contributed by atoms with E-state index in [1.165, 1.54) is 49.1 Å². The van der Waals surface area contributed by atoms with E-state index in [-0.39, 0.29) is 6.10 Å². The smallest absolute Gasteiger partial charge is 0.0597 e. The minimum Gasteiger partial charge on any atom is -0.393 e. The Balaban J connectivity index is 1.32. The van der Waals surface area contributed by atoms with Gasteiger partial charge in [0.1, 0.15) is 0 Å². The van der Waals surface area contributed by atoms with E-state index < -0.39 is 0 Å². The second-order valence-electron chi connectivity index (χ2n) is 11.9. The molecule has 8 atom stereocenters. The first-order valence-corrected chi connectivity index (χ1v) is 12.6. The summed E-state index contributed by atoms with van der Waals surface area (Å²) in [5.41, 5.74) is 6.29. The molecule has 31 heavy (non-hydrogen) atoms. The highest BCUT2D eigenvalue weighted by atomic mass is 16.3. The molecular weight excluding hydrogens is 380 g/mol. The average molecular weight is 419 g/mol. The lowest BCUT2D eigenvalue weighted by Gasteiger charge is -2.58. The maximum atomic E-state index is 10.3. The highest BCUT2D eigenvalue weighted by Crippen LogP contribution is 2.67. The van der Waals surface area contributed by atoms with E-state index in [9.17, 15) is 5.11 Å². The van der Waals surface area contributed by atoms with E-state index >= 15 is 0 Å². The maximum absolute atomic E-state index is 10.3. The number of hydrazone groups is 1. The van der Waals surface area contributed by atoms with Crippen molar-refractivity contribution in [3.05, 3.63) is 41.5 Å². The van der Waals surface area contributed by atoms with Gasteiger partial charge in [-0.1, -0.05) is 43.2 Å². The first kappa shape index (κ1) is 20.0. The second kappa shape index (κ2) is 6.70. The Kier molecular flexibility index (Phi) is 4.33. The molecule has 4 aliphatic carbocycles. The molecule has 3 saturated carbocycles. The zero-order valence-corrected chi connectivity index (χ0v) is 19.6. The Morgan fingerprint density at radius 3 is 2.58 bits per heavy atom. The van der Waals surface area contributed by atoms with Crippen molar-refractivity contribution in [2.45, 2.75) is 84.8 Å². The van der Waals surface area contributed by atoms with Gasteiger partial charge in [-0.05, 0) is 99.5 Å². The first-order chi connectivity index (χ1) is 14.8. The monoisotopic (exact) mass is 418 g/mol. The van der Waals surface area contributed by atoms with Gasteiger partial charge in [-0.2, -0.15) is 5.10 Å². The fraction of sp³-hybridized carbons (Fsp3) is 0.679. The molecule has 1 aromatic rings. The van der Waals surface area contributed by atoms with Crippen molar-refractivity contribution in [2.24, 2.45) is 39.6 Å². The molecular formula is C28H38N2O. The van der Waals surface area contributed by atoms with E-state index in [2.05, 4.69) is 63.0 Å². The standard InChI is InChI=1S/C28H38N2O/c1-17-5-8-20(9-6-17)30-18(2)26-25(29-30)16-24-22-10-7-19-15-21(31)11-13-27(19,3)23(22)12-14-28(24,26)4/h5-9,18,21-24,26,31H,10-16H2,1-4H3/t18-,21-,22+,23-,24-,26-,27-,28-/m0/s1. The van der Waals surface area contributed by atoms with Crippen LogP contribution in [0.4, 0.5) is 5.69 Å². The summed E-state index contributed by atoms with van der Waals surface area (Å²) < 4.78 is 0. The van der Waals surface area contributed by atoms with Crippen LogP contribution in [0.15, 0.2) is 41.0 Å². The van der Waals surface area contributed by atoms with E-state index in [1.54, 1.807) is 5.57 Å². The summed E-state index contributed by atoms with van der Waals surface area (Å²) >= 11 is 0. The van der Waals surface area contributed by atoms with Crippen molar-refractivity contribution >= 4 is 11.4 Å². The van der Waals surface area contributed by atoms with Crippen molar-refractivity contribution in [1.29, 1.82) is 0 Å². The first-order valence-electron chi connectivity index (χ1n) is 12.6. The van der Waals surface area contributed by atoms with E-state index in [0.29, 0.717) is 22.8 Å². The third-order valence-electron chi connectivity index (χ3n) is 10.4. The van der Waals surface area contributed by atoms with Crippen LogP contribution in [0.1, 0.15) is 71.3 Å². The van der Waals surface area contributed by atoms with Gasteiger partial charge >= 0.3 is 0 Å². The zero-order chi connectivity index (χ0) is 21.5. The normalized spacial score (nSPS) is 45.9. The Hall–Kier alpha value is -1.61. The number of fused-ring (bicyclic) bond motifs is 7. The molecule has 0 radical (unpaired) electrons. The quantitative estimate of drug-likeness (QED) is 0.559. The number of aliphatic hydroxyl groups is 1. The molecule has 1 N–H and O–H groups in total. The van der Waals surface area contributed by atoms with E-state index in [0.717, 1.165) is 30.6 Å². The third kappa shape index (κ3) is 2.71. The van der Waals surface area contributed by atoms with E-state index in [4.69, 9.17) is 5.10 Å².